The lowest BCUT2D eigenvalue weighted by molar-refractivity contribution is -0.131. The van der Waals surface area contributed by atoms with Crippen molar-refractivity contribution in [3.05, 3.63) is 71.0 Å². The largest absolute Gasteiger partial charge is 0.368 e. The predicted octanol–water partition coefficient (Wildman–Crippen LogP) is 3.67. The highest BCUT2D eigenvalue weighted by atomic mass is 32.2. The van der Waals surface area contributed by atoms with Crippen molar-refractivity contribution in [2.75, 3.05) is 35.8 Å². The van der Waals surface area contributed by atoms with Gasteiger partial charge in [-0.05, 0) is 55.3 Å². The van der Waals surface area contributed by atoms with Crippen LogP contribution < -0.4 is 9.62 Å². The summed E-state index contributed by atoms with van der Waals surface area (Å²) in [6.45, 7) is 5.00. The molecular weight excluding hydrogens is 463 g/mol. The lowest BCUT2D eigenvalue weighted by Gasteiger charge is -2.36. The molecule has 1 N–H and O–H groups in total. The lowest BCUT2D eigenvalue weighted by Crippen LogP contribution is -2.48. The van der Waals surface area contributed by atoms with E-state index in [1.807, 2.05) is 11.0 Å². The summed E-state index contributed by atoms with van der Waals surface area (Å²) in [5, 5.41) is 1.96. The molecule has 10 heteroatoms. The van der Waals surface area contributed by atoms with Crippen molar-refractivity contribution in [2.24, 2.45) is 0 Å². The van der Waals surface area contributed by atoms with Crippen LogP contribution in [0.1, 0.15) is 17.7 Å². The minimum absolute atomic E-state index is 0.0411. The second kappa shape index (κ2) is 9.88. The van der Waals surface area contributed by atoms with Gasteiger partial charge in [-0.15, -0.1) is 11.3 Å². The minimum atomic E-state index is -3.84. The number of hydrogen-bond acceptors (Lipinski definition) is 6. The first-order valence-corrected chi connectivity index (χ1v) is 13.0. The number of nitrogens with zero attached hydrogens (tertiary/aromatic N) is 3. The summed E-state index contributed by atoms with van der Waals surface area (Å²) >= 11 is 1.15. The summed E-state index contributed by atoms with van der Waals surface area (Å²) in [7, 11) is -3.84. The van der Waals surface area contributed by atoms with Crippen molar-refractivity contribution in [1.29, 1.82) is 0 Å². The number of halogens is 1. The zero-order valence-electron chi connectivity index (χ0n) is 18.2. The number of carbonyl (C=O) groups excluding carboxylic acids is 1. The van der Waals surface area contributed by atoms with Crippen LogP contribution in [0.3, 0.4) is 0 Å². The fourth-order valence-corrected chi connectivity index (χ4v) is 5.69. The number of carbonyl (C=O) groups is 1. The maximum atomic E-state index is 13.0. The van der Waals surface area contributed by atoms with Crippen LogP contribution in [-0.2, 0) is 21.2 Å². The molecule has 0 unspecified atom stereocenters. The summed E-state index contributed by atoms with van der Waals surface area (Å²) < 4.78 is 40.3. The molecular formula is C23H25FN4O3S2. The Hall–Kier alpha value is -2.98. The summed E-state index contributed by atoms with van der Waals surface area (Å²) in [5.41, 5.74) is 3.05. The Kier molecular flexibility index (Phi) is 6.94. The number of anilines is 2. The molecule has 1 aliphatic rings. The van der Waals surface area contributed by atoms with Crippen LogP contribution in [0.15, 0.2) is 58.8 Å². The first-order chi connectivity index (χ1) is 15.8. The van der Waals surface area contributed by atoms with Crippen molar-refractivity contribution in [2.45, 2.75) is 24.7 Å². The molecule has 0 spiro atoms. The van der Waals surface area contributed by atoms with E-state index in [0.29, 0.717) is 31.6 Å². The normalized spacial score (nSPS) is 14.4. The standard InChI is InChI=1S/C23H25FN4O3S2/c1-17-3-2-4-20(15-17)27-11-13-28(14-12-27)22(29)10-7-19-16-32-23(25-19)26-33(30,31)21-8-5-18(24)6-9-21/h2-6,8-9,15-16H,7,10-14H2,1H3,(H,25,26). The van der Waals surface area contributed by atoms with Gasteiger partial charge in [0.05, 0.1) is 10.6 Å². The van der Waals surface area contributed by atoms with Crippen LogP contribution in [0.5, 0.6) is 0 Å². The van der Waals surface area contributed by atoms with Crippen LogP contribution in [0.2, 0.25) is 0 Å². The van der Waals surface area contributed by atoms with Gasteiger partial charge in [0.1, 0.15) is 5.82 Å². The number of benzene rings is 2. The van der Waals surface area contributed by atoms with E-state index in [2.05, 4.69) is 39.7 Å². The Morgan fingerprint density at radius 1 is 1.12 bits per heavy atom. The van der Waals surface area contributed by atoms with Crippen molar-refractivity contribution < 1.29 is 17.6 Å². The molecule has 1 aromatic heterocycles. The van der Waals surface area contributed by atoms with Gasteiger partial charge in [0.25, 0.3) is 10.0 Å². The summed E-state index contributed by atoms with van der Waals surface area (Å²) in [5.74, 6) is -0.438. The highest BCUT2D eigenvalue weighted by Crippen LogP contribution is 2.22. The van der Waals surface area contributed by atoms with E-state index in [1.54, 1.807) is 5.38 Å². The molecule has 0 aliphatic carbocycles. The monoisotopic (exact) mass is 488 g/mol. The van der Waals surface area contributed by atoms with Gasteiger partial charge in [0, 0.05) is 43.7 Å². The SMILES string of the molecule is Cc1cccc(N2CCN(C(=O)CCc3csc(NS(=O)(=O)c4ccc(F)cc4)n3)CC2)c1. The van der Waals surface area contributed by atoms with Crippen LogP contribution >= 0.6 is 11.3 Å². The quantitative estimate of drug-likeness (QED) is 0.549. The van der Waals surface area contributed by atoms with Crippen LogP contribution in [0.25, 0.3) is 0 Å². The topological polar surface area (TPSA) is 82.6 Å². The molecule has 4 rings (SSSR count). The van der Waals surface area contributed by atoms with Crippen LogP contribution in [-0.4, -0.2) is 50.4 Å². The lowest BCUT2D eigenvalue weighted by atomic mass is 10.1. The first kappa shape index (κ1) is 23.2. The number of rotatable bonds is 7. The molecule has 0 radical (unpaired) electrons. The third-order valence-corrected chi connectivity index (χ3v) is 7.78. The summed E-state index contributed by atoms with van der Waals surface area (Å²) in [6.07, 6.45) is 0.754. The third-order valence-electron chi connectivity index (χ3n) is 5.49. The number of aromatic nitrogens is 1. The van der Waals surface area contributed by atoms with E-state index in [0.717, 1.165) is 36.6 Å². The van der Waals surface area contributed by atoms with Gasteiger partial charge < -0.3 is 9.80 Å². The maximum Gasteiger partial charge on any atom is 0.263 e. The number of sulfonamides is 1. The molecule has 3 aromatic rings. The van der Waals surface area contributed by atoms with Crippen molar-refractivity contribution >= 4 is 38.1 Å². The van der Waals surface area contributed by atoms with Gasteiger partial charge in [-0.3, -0.25) is 9.52 Å². The van der Waals surface area contributed by atoms with Crippen molar-refractivity contribution in [3.63, 3.8) is 0 Å². The fourth-order valence-electron chi connectivity index (χ4n) is 3.69. The molecule has 174 valence electrons. The fraction of sp³-hybridized carbons (Fsp3) is 0.304. The van der Waals surface area contributed by atoms with Crippen LogP contribution in [0.4, 0.5) is 15.2 Å². The number of aryl methyl sites for hydroxylation is 2. The van der Waals surface area contributed by atoms with Crippen molar-refractivity contribution in [1.82, 2.24) is 9.88 Å². The Balaban J connectivity index is 1.27. The molecule has 1 amide bonds. The van der Waals surface area contributed by atoms with Gasteiger partial charge in [0.15, 0.2) is 5.13 Å². The highest BCUT2D eigenvalue weighted by molar-refractivity contribution is 7.93. The first-order valence-electron chi connectivity index (χ1n) is 10.6. The molecule has 1 saturated heterocycles. The highest BCUT2D eigenvalue weighted by Gasteiger charge is 2.22. The van der Waals surface area contributed by atoms with E-state index < -0.39 is 15.8 Å². The molecule has 7 nitrogen and oxygen atoms in total. The van der Waals surface area contributed by atoms with Gasteiger partial charge in [0.2, 0.25) is 5.91 Å². The number of piperazine rings is 1. The van der Waals surface area contributed by atoms with Gasteiger partial charge in [-0.25, -0.2) is 17.8 Å². The number of nitrogens with one attached hydrogen (secondary N) is 1. The smallest absolute Gasteiger partial charge is 0.263 e. The second-order valence-electron chi connectivity index (χ2n) is 7.91. The summed E-state index contributed by atoms with van der Waals surface area (Å²) in [4.78, 5) is 21.1. The second-order valence-corrected chi connectivity index (χ2v) is 10.5. The average molecular weight is 489 g/mol. The molecule has 0 saturated carbocycles. The van der Waals surface area contributed by atoms with Gasteiger partial charge in [-0.1, -0.05) is 12.1 Å². The molecule has 2 aromatic carbocycles. The van der Waals surface area contributed by atoms with Gasteiger partial charge in [-0.2, -0.15) is 0 Å². The van der Waals surface area contributed by atoms with Crippen LogP contribution in [0, 0.1) is 12.7 Å². The summed E-state index contributed by atoms with van der Waals surface area (Å²) in [6, 6.07) is 12.9. The maximum absolute atomic E-state index is 13.0. The molecule has 1 aliphatic heterocycles. The Morgan fingerprint density at radius 2 is 1.85 bits per heavy atom. The number of thiazole rings is 1. The van der Waals surface area contributed by atoms with E-state index >= 15 is 0 Å². The number of amides is 1. The zero-order valence-corrected chi connectivity index (χ0v) is 19.8. The molecule has 0 bridgehead atoms. The molecule has 33 heavy (non-hydrogen) atoms. The molecule has 1 fully saturated rings. The third kappa shape index (κ3) is 5.88. The molecule has 2 heterocycles. The minimum Gasteiger partial charge on any atom is -0.368 e. The predicted molar refractivity (Wildman–Crippen MR) is 128 cm³/mol. The zero-order chi connectivity index (χ0) is 23.4. The van der Waals surface area contributed by atoms with E-state index in [1.165, 1.54) is 23.4 Å². The Labute approximate surface area is 196 Å². The average Bonchev–Trinajstić information content (AvgIpc) is 3.24. The van der Waals surface area contributed by atoms with E-state index in [-0.39, 0.29) is 15.9 Å². The van der Waals surface area contributed by atoms with Crippen molar-refractivity contribution in [3.8, 4) is 0 Å². The Morgan fingerprint density at radius 3 is 2.55 bits per heavy atom. The Bertz CT molecular complexity index is 1220. The van der Waals surface area contributed by atoms with Gasteiger partial charge >= 0.3 is 0 Å². The molecule has 0 atom stereocenters. The van der Waals surface area contributed by atoms with E-state index in [4.69, 9.17) is 0 Å². The number of hydrogen-bond donors (Lipinski definition) is 1. The van der Waals surface area contributed by atoms with E-state index in [9.17, 15) is 17.6 Å².